The summed E-state index contributed by atoms with van der Waals surface area (Å²) in [5, 5.41) is 0. The third-order valence-corrected chi connectivity index (χ3v) is 6.25. The molecule has 0 amide bonds. The second-order valence-corrected chi connectivity index (χ2v) is 9.57. The maximum Gasteiger partial charge on any atom is 0.305 e. The van der Waals surface area contributed by atoms with Gasteiger partial charge in [0.15, 0.2) is 0 Å². The van der Waals surface area contributed by atoms with E-state index in [1.54, 1.807) is 0 Å². The van der Waals surface area contributed by atoms with Crippen molar-refractivity contribution in [3.63, 3.8) is 0 Å². The van der Waals surface area contributed by atoms with Crippen molar-refractivity contribution in [1.29, 1.82) is 0 Å². The Hall–Kier alpha value is -1.06. The van der Waals surface area contributed by atoms with Crippen LogP contribution < -0.4 is 0 Å². The number of unbranched alkanes of at least 4 members (excludes halogenated alkanes) is 15. The van der Waals surface area contributed by atoms with E-state index < -0.39 is 0 Å². The van der Waals surface area contributed by atoms with Gasteiger partial charge in [-0.25, -0.2) is 0 Å². The number of ether oxygens (including phenoxy) is 2. The van der Waals surface area contributed by atoms with Gasteiger partial charge in [0.2, 0.25) is 0 Å². The van der Waals surface area contributed by atoms with Crippen molar-refractivity contribution in [2.45, 2.75) is 149 Å². The van der Waals surface area contributed by atoms with Gasteiger partial charge in [-0.2, -0.15) is 0 Å². The molecule has 0 N–H and O–H groups in total. The molecule has 0 aliphatic carbocycles. The lowest BCUT2D eigenvalue weighted by Gasteiger charge is -2.09. The molecule has 0 aliphatic rings. The SMILES string of the molecule is CCCCCCCCCCCCCOC(=O)CCCCCCCCC(=O)OCC(C)CC. The molecule has 0 saturated heterocycles. The number of hydrogen-bond donors (Lipinski definition) is 0. The average molecular weight is 455 g/mol. The smallest absolute Gasteiger partial charge is 0.305 e. The normalized spacial score (nSPS) is 12.0. The summed E-state index contributed by atoms with van der Waals surface area (Å²) in [6.45, 7) is 7.60. The predicted octanol–water partition coefficient (Wildman–Crippen LogP) is 8.55. The van der Waals surface area contributed by atoms with Crippen LogP contribution in [0.3, 0.4) is 0 Å². The number of hydrogen-bond acceptors (Lipinski definition) is 4. The first-order valence-electron chi connectivity index (χ1n) is 13.9. The van der Waals surface area contributed by atoms with Gasteiger partial charge < -0.3 is 9.47 Å². The van der Waals surface area contributed by atoms with Gasteiger partial charge in [-0.15, -0.1) is 0 Å². The minimum atomic E-state index is -0.0640. The van der Waals surface area contributed by atoms with E-state index in [9.17, 15) is 9.59 Å². The van der Waals surface area contributed by atoms with E-state index in [2.05, 4.69) is 20.8 Å². The van der Waals surface area contributed by atoms with Gasteiger partial charge in [-0.3, -0.25) is 9.59 Å². The number of carbonyl (C=O) groups is 2. The Kier molecular flexibility index (Phi) is 23.8. The minimum absolute atomic E-state index is 0.0406. The Morgan fingerprint density at radius 1 is 0.562 bits per heavy atom. The molecule has 0 spiro atoms. The lowest BCUT2D eigenvalue weighted by Crippen LogP contribution is -2.11. The Balaban J connectivity index is 3.26. The van der Waals surface area contributed by atoms with Crippen molar-refractivity contribution in [2.24, 2.45) is 5.92 Å². The predicted molar refractivity (Wildman–Crippen MR) is 135 cm³/mol. The fourth-order valence-electron chi connectivity index (χ4n) is 3.70. The molecule has 4 heteroatoms. The van der Waals surface area contributed by atoms with Crippen LogP contribution in [0, 0.1) is 5.92 Å². The highest BCUT2D eigenvalue weighted by Gasteiger charge is 2.06. The van der Waals surface area contributed by atoms with Gasteiger partial charge >= 0.3 is 11.9 Å². The van der Waals surface area contributed by atoms with Crippen molar-refractivity contribution >= 4 is 11.9 Å². The largest absolute Gasteiger partial charge is 0.466 e. The molecule has 0 aromatic heterocycles. The molecule has 1 unspecified atom stereocenters. The standard InChI is InChI=1S/C28H54O4/c1-4-6-7-8-9-10-11-12-15-18-21-24-31-27(29)22-19-16-13-14-17-20-23-28(30)32-25-26(3)5-2/h26H,4-25H2,1-3H3. The highest BCUT2D eigenvalue weighted by atomic mass is 16.5. The molecule has 0 heterocycles. The second-order valence-electron chi connectivity index (χ2n) is 9.57. The molecule has 4 nitrogen and oxygen atoms in total. The highest BCUT2D eigenvalue weighted by molar-refractivity contribution is 5.69. The topological polar surface area (TPSA) is 52.6 Å². The molecule has 0 radical (unpaired) electrons. The van der Waals surface area contributed by atoms with Crippen LogP contribution in [0.5, 0.6) is 0 Å². The lowest BCUT2D eigenvalue weighted by atomic mass is 10.1. The van der Waals surface area contributed by atoms with Crippen molar-refractivity contribution in [3.05, 3.63) is 0 Å². The number of rotatable bonds is 24. The van der Waals surface area contributed by atoms with Crippen LogP contribution in [0.1, 0.15) is 149 Å². The Morgan fingerprint density at radius 2 is 0.969 bits per heavy atom. The molecular formula is C28H54O4. The number of esters is 2. The monoisotopic (exact) mass is 454 g/mol. The first-order valence-corrected chi connectivity index (χ1v) is 13.9. The van der Waals surface area contributed by atoms with Gasteiger partial charge in [0.25, 0.3) is 0 Å². The molecular weight excluding hydrogens is 400 g/mol. The van der Waals surface area contributed by atoms with Crippen LogP contribution in [0.2, 0.25) is 0 Å². The molecule has 0 aromatic carbocycles. The van der Waals surface area contributed by atoms with Gasteiger partial charge in [0, 0.05) is 12.8 Å². The fourth-order valence-corrected chi connectivity index (χ4v) is 3.70. The van der Waals surface area contributed by atoms with Crippen molar-refractivity contribution in [1.82, 2.24) is 0 Å². The van der Waals surface area contributed by atoms with Gasteiger partial charge in [-0.1, -0.05) is 117 Å². The summed E-state index contributed by atoms with van der Waals surface area (Å²) in [6.07, 6.45) is 22.7. The summed E-state index contributed by atoms with van der Waals surface area (Å²) >= 11 is 0. The molecule has 1 atom stereocenters. The molecule has 0 bridgehead atoms. The second kappa shape index (κ2) is 24.6. The van der Waals surface area contributed by atoms with Crippen LogP contribution in [-0.4, -0.2) is 25.2 Å². The van der Waals surface area contributed by atoms with Gasteiger partial charge in [-0.05, 0) is 25.2 Å². The maximum absolute atomic E-state index is 11.8. The van der Waals surface area contributed by atoms with E-state index in [1.165, 1.54) is 64.2 Å². The fraction of sp³-hybridized carbons (Fsp3) is 0.929. The van der Waals surface area contributed by atoms with Crippen molar-refractivity contribution < 1.29 is 19.1 Å². The van der Waals surface area contributed by atoms with E-state index in [4.69, 9.17) is 9.47 Å². The molecule has 32 heavy (non-hydrogen) atoms. The third-order valence-electron chi connectivity index (χ3n) is 6.25. The summed E-state index contributed by atoms with van der Waals surface area (Å²) in [4.78, 5) is 23.4. The molecule has 0 fully saturated rings. The van der Waals surface area contributed by atoms with E-state index in [-0.39, 0.29) is 11.9 Å². The zero-order valence-electron chi connectivity index (χ0n) is 21.8. The van der Waals surface area contributed by atoms with Crippen LogP contribution in [0.15, 0.2) is 0 Å². The lowest BCUT2D eigenvalue weighted by molar-refractivity contribution is -0.145. The zero-order valence-corrected chi connectivity index (χ0v) is 21.8. The first kappa shape index (κ1) is 30.9. The van der Waals surface area contributed by atoms with Crippen LogP contribution in [0.4, 0.5) is 0 Å². The summed E-state index contributed by atoms with van der Waals surface area (Å²) in [5.41, 5.74) is 0. The van der Waals surface area contributed by atoms with Crippen LogP contribution in [0.25, 0.3) is 0 Å². The summed E-state index contributed by atoms with van der Waals surface area (Å²) in [6, 6.07) is 0. The molecule has 0 aromatic rings. The van der Waals surface area contributed by atoms with Crippen molar-refractivity contribution in [2.75, 3.05) is 13.2 Å². The average Bonchev–Trinajstić information content (AvgIpc) is 2.79. The summed E-state index contributed by atoms with van der Waals surface area (Å²) in [7, 11) is 0. The van der Waals surface area contributed by atoms with Crippen LogP contribution in [-0.2, 0) is 19.1 Å². The molecule has 0 rings (SSSR count). The van der Waals surface area contributed by atoms with E-state index in [1.807, 2.05) is 0 Å². The highest BCUT2D eigenvalue weighted by Crippen LogP contribution is 2.12. The van der Waals surface area contributed by atoms with E-state index in [0.717, 1.165) is 51.4 Å². The quantitative estimate of drug-likeness (QED) is 0.108. The minimum Gasteiger partial charge on any atom is -0.466 e. The molecule has 190 valence electrons. The van der Waals surface area contributed by atoms with Crippen LogP contribution >= 0.6 is 0 Å². The molecule has 0 aliphatic heterocycles. The van der Waals surface area contributed by atoms with E-state index in [0.29, 0.717) is 32.0 Å². The van der Waals surface area contributed by atoms with Crippen molar-refractivity contribution in [3.8, 4) is 0 Å². The third kappa shape index (κ3) is 23.6. The first-order chi connectivity index (χ1) is 15.6. The number of carbonyl (C=O) groups excluding carboxylic acids is 2. The Bertz CT molecular complexity index is 422. The van der Waals surface area contributed by atoms with Gasteiger partial charge in [0.1, 0.15) is 0 Å². The van der Waals surface area contributed by atoms with Gasteiger partial charge in [0.05, 0.1) is 13.2 Å². The zero-order chi connectivity index (χ0) is 23.7. The summed E-state index contributed by atoms with van der Waals surface area (Å²) < 4.78 is 10.6. The summed E-state index contributed by atoms with van der Waals surface area (Å²) in [5.74, 6) is 0.345. The van der Waals surface area contributed by atoms with E-state index >= 15 is 0 Å². The Labute approximate surface area is 199 Å². The Morgan fingerprint density at radius 3 is 1.44 bits per heavy atom. The molecule has 0 saturated carbocycles. The maximum atomic E-state index is 11.8.